The van der Waals surface area contributed by atoms with Gasteiger partial charge in [-0.15, -0.1) is 0 Å². The number of hydrogen-bond donors (Lipinski definition) is 0. The standard InChI is InChI=1S/C8H5ClFIO/c1-4(12)5-2-6(9)8(10)7(11)3-5/h2-3H,1H3. The van der Waals surface area contributed by atoms with Crippen LogP contribution in [0.25, 0.3) is 0 Å². The third-order valence-corrected chi connectivity index (χ3v) is 2.45. The van der Waals surface area contributed by atoms with Gasteiger partial charge in [0.05, 0.1) is 8.59 Å². The first-order chi connectivity index (χ1) is 5.52. The summed E-state index contributed by atoms with van der Waals surface area (Å²) in [7, 11) is 0. The maximum absolute atomic E-state index is 12.9. The molecule has 0 aliphatic carbocycles. The number of ketones is 1. The van der Waals surface area contributed by atoms with Gasteiger partial charge < -0.3 is 0 Å². The molecule has 0 unspecified atom stereocenters. The molecule has 0 bridgehead atoms. The molecule has 1 rings (SSSR count). The molecular formula is C8H5ClFIO. The van der Waals surface area contributed by atoms with E-state index >= 15 is 0 Å². The van der Waals surface area contributed by atoms with Crippen LogP contribution in [0.3, 0.4) is 0 Å². The lowest BCUT2D eigenvalue weighted by atomic mass is 10.1. The van der Waals surface area contributed by atoms with Gasteiger partial charge in [0.1, 0.15) is 0 Å². The Hall–Kier alpha value is -0.160. The average Bonchev–Trinajstić information content (AvgIpc) is 1.99. The van der Waals surface area contributed by atoms with Gasteiger partial charge in [-0.05, 0) is 41.6 Å². The van der Waals surface area contributed by atoms with Gasteiger partial charge in [0.25, 0.3) is 0 Å². The van der Waals surface area contributed by atoms with Crippen LogP contribution in [0.4, 0.5) is 4.39 Å². The molecule has 1 aromatic rings. The molecule has 0 saturated heterocycles. The lowest BCUT2D eigenvalue weighted by Gasteiger charge is -2.00. The number of Topliss-reactive ketones (excluding diaryl/α,β-unsaturated/α-hetero) is 1. The highest BCUT2D eigenvalue weighted by Crippen LogP contribution is 2.22. The lowest BCUT2D eigenvalue weighted by molar-refractivity contribution is 0.101. The maximum Gasteiger partial charge on any atom is 0.159 e. The largest absolute Gasteiger partial charge is 0.295 e. The van der Waals surface area contributed by atoms with Crippen molar-refractivity contribution in [1.29, 1.82) is 0 Å². The van der Waals surface area contributed by atoms with E-state index in [2.05, 4.69) is 0 Å². The van der Waals surface area contributed by atoms with Crippen molar-refractivity contribution >= 4 is 40.0 Å². The summed E-state index contributed by atoms with van der Waals surface area (Å²) in [5.41, 5.74) is 0.436. The number of halogens is 3. The van der Waals surface area contributed by atoms with Crippen LogP contribution in [0.1, 0.15) is 17.3 Å². The number of benzene rings is 1. The summed E-state index contributed by atoms with van der Waals surface area (Å²) in [6, 6.07) is 2.81. The van der Waals surface area contributed by atoms with Crippen molar-refractivity contribution < 1.29 is 9.18 Å². The van der Waals surface area contributed by atoms with Crippen LogP contribution < -0.4 is 0 Å². The van der Waals surface area contributed by atoms with Gasteiger partial charge in [-0.2, -0.15) is 0 Å². The van der Waals surface area contributed by atoms with E-state index < -0.39 is 5.82 Å². The molecule has 0 saturated carbocycles. The summed E-state index contributed by atoms with van der Waals surface area (Å²) in [5.74, 6) is -0.586. The molecule has 0 radical (unpaired) electrons. The monoisotopic (exact) mass is 298 g/mol. The molecule has 4 heteroatoms. The zero-order valence-electron chi connectivity index (χ0n) is 6.20. The Morgan fingerprint density at radius 1 is 1.58 bits per heavy atom. The summed E-state index contributed by atoms with van der Waals surface area (Å²) < 4.78 is 13.3. The molecule has 1 aromatic carbocycles. The Morgan fingerprint density at radius 2 is 2.17 bits per heavy atom. The quantitative estimate of drug-likeness (QED) is 0.442. The van der Waals surface area contributed by atoms with Gasteiger partial charge in [-0.25, -0.2) is 4.39 Å². The van der Waals surface area contributed by atoms with Crippen molar-refractivity contribution in [1.82, 2.24) is 0 Å². The van der Waals surface area contributed by atoms with Gasteiger partial charge in [-0.1, -0.05) is 11.6 Å². The normalized spacial score (nSPS) is 10.0. The second-order valence-electron chi connectivity index (χ2n) is 2.31. The molecule has 1 nitrogen and oxygen atoms in total. The van der Waals surface area contributed by atoms with Crippen molar-refractivity contribution in [2.45, 2.75) is 6.92 Å². The Kier molecular flexibility index (Phi) is 3.06. The summed E-state index contributed by atoms with van der Waals surface area (Å²) in [5, 5.41) is -0.00731. The fourth-order valence-corrected chi connectivity index (χ4v) is 1.76. The van der Waals surface area contributed by atoms with Crippen LogP contribution in [0.2, 0.25) is 5.02 Å². The Labute approximate surface area is 88.1 Å². The number of carbonyl (C=O) groups is 1. The van der Waals surface area contributed by atoms with E-state index in [1.807, 2.05) is 0 Å². The summed E-state index contributed by atoms with van der Waals surface area (Å²) in [6.07, 6.45) is 0. The van der Waals surface area contributed by atoms with Gasteiger partial charge in [-0.3, -0.25) is 4.79 Å². The molecule has 0 aliphatic rings. The zero-order valence-corrected chi connectivity index (χ0v) is 9.11. The van der Waals surface area contributed by atoms with Gasteiger partial charge in [0, 0.05) is 5.56 Å². The molecule has 0 atom stereocenters. The average molecular weight is 298 g/mol. The highest BCUT2D eigenvalue weighted by Gasteiger charge is 2.08. The lowest BCUT2D eigenvalue weighted by Crippen LogP contribution is -1.95. The minimum Gasteiger partial charge on any atom is -0.295 e. The van der Waals surface area contributed by atoms with E-state index in [4.69, 9.17) is 11.6 Å². The Balaban J connectivity index is 3.31. The van der Waals surface area contributed by atoms with Crippen LogP contribution in [-0.4, -0.2) is 5.78 Å². The third-order valence-electron chi connectivity index (χ3n) is 1.39. The van der Waals surface area contributed by atoms with Gasteiger partial charge in [0.2, 0.25) is 0 Å². The van der Waals surface area contributed by atoms with Crippen LogP contribution >= 0.6 is 34.2 Å². The van der Waals surface area contributed by atoms with Crippen molar-refractivity contribution in [2.75, 3.05) is 0 Å². The topological polar surface area (TPSA) is 17.1 Å². The first-order valence-electron chi connectivity index (χ1n) is 3.18. The summed E-state index contributed by atoms with van der Waals surface area (Å²) >= 11 is 7.33. The van der Waals surface area contributed by atoms with Gasteiger partial charge >= 0.3 is 0 Å². The molecule has 0 heterocycles. The minimum atomic E-state index is -0.470. The first-order valence-corrected chi connectivity index (χ1v) is 4.63. The molecule has 0 amide bonds. The number of hydrogen-bond acceptors (Lipinski definition) is 1. The first kappa shape index (κ1) is 9.92. The smallest absolute Gasteiger partial charge is 0.159 e. The molecule has 0 fully saturated rings. The molecule has 0 aliphatic heterocycles. The van der Waals surface area contributed by atoms with Gasteiger partial charge in [0.15, 0.2) is 11.6 Å². The second-order valence-corrected chi connectivity index (χ2v) is 3.88. The number of carbonyl (C=O) groups excluding carboxylic acids is 1. The van der Waals surface area contributed by atoms with E-state index in [-0.39, 0.29) is 10.8 Å². The third kappa shape index (κ3) is 1.95. The van der Waals surface area contributed by atoms with Crippen molar-refractivity contribution in [3.05, 3.63) is 32.1 Å². The predicted molar refractivity (Wildman–Crippen MR) is 54.1 cm³/mol. The highest BCUT2D eigenvalue weighted by molar-refractivity contribution is 14.1. The van der Waals surface area contributed by atoms with E-state index in [0.717, 1.165) is 0 Å². The van der Waals surface area contributed by atoms with Crippen LogP contribution in [0.5, 0.6) is 0 Å². The molecule has 0 aromatic heterocycles. The molecule has 0 spiro atoms. The Bertz CT molecular complexity index is 315. The minimum absolute atomic E-state index is 0.00731. The summed E-state index contributed by atoms with van der Waals surface area (Å²) in [6.45, 7) is 1.42. The predicted octanol–water partition coefficient (Wildman–Crippen LogP) is 3.29. The Morgan fingerprint density at radius 3 is 2.58 bits per heavy atom. The van der Waals surface area contributed by atoms with E-state index in [0.29, 0.717) is 9.13 Å². The van der Waals surface area contributed by atoms with Crippen molar-refractivity contribution in [2.24, 2.45) is 0 Å². The molecule has 12 heavy (non-hydrogen) atoms. The van der Waals surface area contributed by atoms with Crippen LogP contribution in [0, 0.1) is 9.39 Å². The molecular weight excluding hydrogens is 293 g/mol. The SMILES string of the molecule is CC(=O)c1cc(Cl)c(F)c(I)c1. The van der Waals surface area contributed by atoms with E-state index in [1.54, 1.807) is 22.6 Å². The maximum atomic E-state index is 12.9. The van der Waals surface area contributed by atoms with Crippen molar-refractivity contribution in [3.8, 4) is 0 Å². The van der Waals surface area contributed by atoms with E-state index in [1.165, 1.54) is 19.1 Å². The fraction of sp³-hybridized carbons (Fsp3) is 0.125. The summed E-state index contributed by atoms with van der Waals surface area (Å²) in [4.78, 5) is 10.9. The van der Waals surface area contributed by atoms with Crippen LogP contribution in [0.15, 0.2) is 12.1 Å². The fourth-order valence-electron chi connectivity index (χ4n) is 0.759. The molecule has 0 N–H and O–H groups in total. The highest BCUT2D eigenvalue weighted by atomic mass is 127. The number of rotatable bonds is 1. The van der Waals surface area contributed by atoms with Crippen molar-refractivity contribution in [3.63, 3.8) is 0 Å². The zero-order chi connectivity index (χ0) is 9.30. The van der Waals surface area contributed by atoms with Crippen LogP contribution in [-0.2, 0) is 0 Å². The molecule has 64 valence electrons. The van der Waals surface area contributed by atoms with E-state index in [9.17, 15) is 9.18 Å². The second kappa shape index (κ2) is 3.70.